The number of aliphatic hydroxyl groups is 1. The molecule has 5 heteroatoms. The molecule has 0 bridgehead atoms. The Labute approximate surface area is 181 Å². The fourth-order valence-electron chi connectivity index (χ4n) is 4.67. The van der Waals surface area contributed by atoms with Crippen LogP contribution in [0.3, 0.4) is 0 Å². The highest BCUT2D eigenvalue weighted by Crippen LogP contribution is 2.46. The van der Waals surface area contributed by atoms with Gasteiger partial charge in [0.05, 0.1) is 18.7 Å². The first-order valence-electron chi connectivity index (χ1n) is 10.5. The van der Waals surface area contributed by atoms with Gasteiger partial charge in [-0.1, -0.05) is 36.1 Å². The van der Waals surface area contributed by atoms with Crippen molar-refractivity contribution >= 4 is 11.6 Å². The van der Waals surface area contributed by atoms with Gasteiger partial charge in [0, 0.05) is 35.5 Å². The van der Waals surface area contributed by atoms with Crippen molar-refractivity contribution < 1.29 is 9.90 Å². The lowest BCUT2D eigenvalue weighted by Gasteiger charge is -2.39. The number of anilines is 1. The molecule has 0 unspecified atom stereocenters. The van der Waals surface area contributed by atoms with E-state index in [1.807, 2.05) is 59.5 Å². The number of nitrogens with one attached hydrogen (secondary N) is 1. The molecular weight excluding hydrogens is 386 g/mol. The molecule has 1 aromatic heterocycles. The largest absolute Gasteiger partial charge is 0.394 e. The normalized spacial score (nSPS) is 21.3. The van der Waals surface area contributed by atoms with Crippen LogP contribution in [-0.4, -0.2) is 40.1 Å². The number of aromatic nitrogens is 1. The van der Waals surface area contributed by atoms with Crippen molar-refractivity contribution in [1.82, 2.24) is 9.88 Å². The molecule has 2 aromatic carbocycles. The van der Waals surface area contributed by atoms with E-state index in [0.717, 1.165) is 28.8 Å². The van der Waals surface area contributed by atoms with Gasteiger partial charge in [-0.25, -0.2) is 0 Å². The molecule has 3 aromatic rings. The number of rotatable bonds is 2. The lowest BCUT2D eigenvalue weighted by Crippen LogP contribution is -2.43. The highest BCUT2D eigenvalue weighted by molar-refractivity contribution is 5.93. The van der Waals surface area contributed by atoms with Gasteiger partial charge in [-0.15, -0.1) is 0 Å². The van der Waals surface area contributed by atoms with Gasteiger partial charge in [-0.2, -0.15) is 0 Å². The van der Waals surface area contributed by atoms with Gasteiger partial charge in [-0.3, -0.25) is 9.78 Å². The Morgan fingerprint density at radius 1 is 1.06 bits per heavy atom. The molecule has 3 atom stereocenters. The smallest absolute Gasteiger partial charge is 0.272 e. The summed E-state index contributed by atoms with van der Waals surface area (Å²) in [6, 6.07) is 21.2. The number of hydrogen-bond donors (Lipinski definition) is 2. The third-order valence-corrected chi connectivity index (χ3v) is 6.14. The van der Waals surface area contributed by atoms with Crippen LogP contribution in [-0.2, 0) is 0 Å². The van der Waals surface area contributed by atoms with E-state index >= 15 is 0 Å². The number of nitrogens with zero attached hydrogens (tertiary/aromatic N) is 2. The summed E-state index contributed by atoms with van der Waals surface area (Å²) in [5.74, 6) is 6.53. The number of hydrogen-bond acceptors (Lipinski definition) is 4. The standard InChI is InChI=1S/C26H23N3O2/c30-17-24-20-13-15-29(26(31)23-8-4-5-14-27-23)25(20)21-16-19(11-12-22(21)28-24)10-9-18-6-2-1-3-7-18/h1-8,11-12,14,16,20,24-25,28,30H,13,15,17H2/t20-,24+,25-/m1/s1. The zero-order valence-corrected chi connectivity index (χ0v) is 17.0. The Morgan fingerprint density at radius 2 is 1.87 bits per heavy atom. The molecule has 0 saturated carbocycles. The maximum absolute atomic E-state index is 13.3. The molecule has 1 saturated heterocycles. The van der Waals surface area contributed by atoms with E-state index in [-0.39, 0.29) is 30.5 Å². The number of fused-ring (bicyclic) bond motifs is 3. The van der Waals surface area contributed by atoms with Crippen LogP contribution in [0, 0.1) is 17.8 Å². The molecule has 5 rings (SSSR count). The van der Waals surface area contributed by atoms with Gasteiger partial charge in [0.2, 0.25) is 0 Å². The number of carbonyl (C=O) groups excluding carboxylic acids is 1. The second kappa shape index (κ2) is 8.25. The SMILES string of the molecule is O=C(c1ccccn1)N1CC[C@@H]2[C@H](CO)Nc3ccc(C#Cc4ccccc4)cc3[C@@H]21. The zero-order chi connectivity index (χ0) is 21.2. The summed E-state index contributed by atoms with van der Waals surface area (Å²) in [6.45, 7) is 0.671. The topological polar surface area (TPSA) is 65.5 Å². The summed E-state index contributed by atoms with van der Waals surface area (Å²) >= 11 is 0. The molecule has 2 N–H and O–H groups in total. The minimum atomic E-state index is -0.110. The van der Waals surface area contributed by atoms with Crippen molar-refractivity contribution in [1.29, 1.82) is 0 Å². The number of aliphatic hydroxyl groups excluding tert-OH is 1. The summed E-state index contributed by atoms with van der Waals surface area (Å²) in [5.41, 5.74) is 4.32. The Bertz CT molecular complexity index is 1150. The highest BCUT2D eigenvalue weighted by Gasteiger charge is 2.46. The first kappa shape index (κ1) is 19.3. The Morgan fingerprint density at radius 3 is 2.65 bits per heavy atom. The average Bonchev–Trinajstić information content (AvgIpc) is 3.28. The van der Waals surface area contributed by atoms with E-state index in [1.165, 1.54) is 0 Å². The average molecular weight is 409 g/mol. The number of carbonyl (C=O) groups is 1. The van der Waals surface area contributed by atoms with E-state index in [1.54, 1.807) is 12.3 Å². The molecule has 0 radical (unpaired) electrons. The lowest BCUT2D eigenvalue weighted by atomic mass is 9.82. The van der Waals surface area contributed by atoms with Crippen LogP contribution in [0.4, 0.5) is 5.69 Å². The zero-order valence-electron chi connectivity index (χ0n) is 17.0. The predicted octanol–water partition coefficient (Wildman–Crippen LogP) is 3.47. The molecule has 31 heavy (non-hydrogen) atoms. The van der Waals surface area contributed by atoms with Crippen molar-refractivity contribution in [3.8, 4) is 11.8 Å². The number of amides is 1. The van der Waals surface area contributed by atoms with E-state index in [2.05, 4.69) is 28.2 Å². The van der Waals surface area contributed by atoms with Crippen molar-refractivity contribution in [2.45, 2.75) is 18.5 Å². The maximum Gasteiger partial charge on any atom is 0.272 e. The maximum atomic E-state index is 13.3. The van der Waals surface area contributed by atoms with E-state index in [4.69, 9.17) is 0 Å². The summed E-state index contributed by atoms with van der Waals surface area (Å²) in [4.78, 5) is 19.4. The van der Waals surface area contributed by atoms with Crippen LogP contribution in [0.2, 0.25) is 0 Å². The summed E-state index contributed by atoms with van der Waals surface area (Å²) in [7, 11) is 0. The second-order valence-corrected chi connectivity index (χ2v) is 7.96. The minimum absolute atomic E-state index is 0.0296. The Hall–Kier alpha value is -3.62. The van der Waals surface area contributed by atoms with Gasteiger partial charge in [-0.05, 0) is 54.4 Å². The first-order valence-corrected chi connectivity index (χ1v) is 10.5. The summed E-state index contributed by atoms with van der Waals surface area (Å²) < 4.78 is 0. The molecule has 154 valence electrons. The molecule has 2 aliphatic rings. The summed E-state index contributed by atoms with van der Waals surface area (Å²) in [5, 5.41) is 13.4. The monoisotopic (exact) mass is 409 g/mol. The van der Waals surface area contributed by atoms with Gasteiger partial charge >= 0.3 is 0 Å². The molecule has 2 aliphatic heterocycles. The van der Waals surface area contributed by atoms with Crippen molar-refractivity contribution in [2.75, 3.05) is 18.5 Å². The molecule has 1 amide bonds. The van der Waals surface area contributed by atoms with Crippen LogP contribution >= 0.6 is 0 Å². The summed E-state index contributed by atoms with van der Waals surface area (Å²) in [6.07, 6.45) is 2.48. The van der Waals surface area contributed by atoms with Crippen LogP contribution in [0.15, 0.2) is 72.9 Å². The van der Waals surface area contributed by atoms with Crippen LogP contribution in [0.25, 0.3) is 0 Å². The van der Waals surface area contributed by atoms with E-state index < -0.39 is 0 Å². The fraction of sp³-hybridized carbons (Fsp3) is 0.231. The molecule has 1 fully saturated rings. The molecule has 0 spiro atoms. The van der Waals surface area contributed by atoms with Crippen molar-refractivity contribution in [2.24, 2.45) is 5.92 Å². The Kier molecular flexibility index (Phi) is 5.15. The lowest BCUT2D eigenvalue weighted by molar-refractivity contribution is 0.0695. The Balaban J connectivity index is 1.52. The molecule has 0 aliphatic carbocycles. The molecule has 5 nitrogen and oxygen atoms in total. The third-order valence-electron chi connectivity index (χ3n) is 6.14. The molecular formula is C26H23N3O2. The minimum Gasteiger partial charge on any atom is -0.394 e. The van der Waals surface area contributed by atoms with Crippen LogP contribution in [0.1, 0.15) is 39.6 Å². The van der Waals surface area contributed by atoms with Crippen molar-refractivity contribution in [3.05, 3.63) is 95.3 Å². The predicted molar refractivity (Wildman–Crippen MR) is 119 cm³/mol. The van der Waals surface area contributed by atoms with Crippen molar-refractivity contribution in [3.63, 3.8) is 0 Å². The van der Waals surface area contributed by atoms with E-state index in [0.29, 0.717) is 12.2 Å². The number of likely N-dealkylation sites (tertiary alicyclic amines) is 1. The first-order chi connectivity index (χ1) is 15.2. The number of pyridine rings is 1. The van der Waals surface area contributed by atoms with Gasteiger partial charge < -0.3 is 15.3 Å². The van der Waals surface area contributed by atoms with Gasteiger partial charge in [0.15, 0.2) is 0 Å². The van der Waals surface area contributed by atoms with Gasteiger partial charge in [0.1, 0.15) is 5.69 Å². The third kappa shape index (κ3) is 3.67. The molecule has 3 heterocycles. The van der Waals surface area contributed by atoms with Crippen LogP contribution in [0.5, 0.6) is 0 Å². The fourth-order valence-corrected chi connectivity index (χ4v) is 4.67. The highest BCUT2D eigenvalue weighted by atomic mass is 16.3. The number of benzene rings is 2. The van der Waals surface area contributed by atoms with E-state index in [9.17, 15) is 9.90 Å². The quantitative estimate of drug-likeness (QED) is 0.636. The van der Waals surface area contributed by atoms with Crippen LogP contribution < -0.4 is 5.32 Å². The second-order valence-electron chi connectivity index (χ2n) is 7.96. The van der Waals surface area contributed by atoms with Gasteiger partial charge in [0.25, 0.3) is 5.91 Å².